The number of hydrogen-bond donors (Lipinski definition) is 2. The lowest BCUT2D eigenvalue weighted by Gasteiger charge is -2.20. The van der Waals surface area contributed by atoms with E-state index in [2.05, 4.69) is 10.0 Å². The molecule has 29 heavy (non-hydrogen) atoms. The van der Waals surface area contributed by atoms with Crippen molar-refractivity contribution in [3.8, 4) is 5.75 Å². The van der Waals surface area contributed by atoms with Gasteiger partial charge in [-0.1, -0.05) is 0 Å². The number of nitrogens with one attached hydrogen (secondary N) is 2. The molecule has 156 valence electrons. The number of carbonyl (C=O) groups is 1. The molecular weight excluding hydrogens is 398 g/mol. The van der Waals surface area contributed by atoms with Crippen LogP contribution in [0.3, 0.4) is 0 Å². The molecular formula is C19H23N3O6S. The molecule has 0 heterocycles. The van der Waals surface area contributed by atoms with Gasteiger partial charge in [0.1, 0.15) is 5.75 Å². The van der Waals surface area contributed by atoms with E-state index in [0.29, 0.717) is 11.4 Å². The number of sulfonamides is 1. The van der Waals surface area contributed by atoms with Gasteiger partial charge < -0.3 is 10.1 Å². The van der Waals surface area contributed by atoms with Crippen LogP contribution in [0.1, 0.15) is 27.7 Å². The zero-order valence-electron chi connectivity index (χ0n) is 16.5. The maximum Gasteiger partial charge on any atom is 0.269 e. The van der Waals surface area contributed by atoms with Crippen LogP contribution in [-0.4, -0.2) is 30.9 Å². The smallest absolute Gasteiger partial charge is 0.269 e. The first-order chi connectivity index (χ1) is 13.4. The van der Waals surface area contributed by atoms with Crippen molar-refractivity contribution in [2.45, 2.75) is 44.2 Å². The number of nitro benzene ring substituents is 1. The van der Waals surface area contributed by atoms with Crippen molar-refractivity contribution in [3.05, 3.63) is 58.6 Å². The van der Waals surface area contributed by atoms with Crippen LogP contribution in [-0.2, 0) is 14.8 Å². The summed E-state index contributed by atoms with van der Waals surface area (Å²) < 4.78 is 32.6. The highest BCUT2D eigenvalue weighted by molar-refractivity contribution is 7.89. The lowest BCUT2D eigenvalue weighted by molar-refractivity contribution is -0.384. The van der Waals surface area contributed by atoms with Gasteiger partial charge in [0, 0.05) is 23.4 Å². The molecule has 2 N–H and O–H groups in total. The maximum atomic E-state index is 12.3. The molecule has 0 spiro atoms. The van der Waals surface area contributed by atoms with Gasteiger partial charge >= 0.3 is 0 Å². The summed E-state index contributed by atoms with van der Waals surface area (Å²) >= 11 is 0. The normalized spacial score (nSPS) is 12.8. The molecule has 0 aliphatic heterocycles. The number of amides is 1. The highest BCUT2D eigenvalue weighted by Gasteiger charge is 2.22. The van der Waals surface area contributed by atoms with Crippen LogP contribution < -0.4 is 14.8 Å². The van der Waals surface area contributed by atoms with Crippen molar-refractivity contribution >= 4 is 27.3 Å². The van der Waals surface area contributed by atoms with Crippen LogP contribution in [0.4, 0.5) is 11.4 Å². The molecule has 1 atom stereocenters. The Kier molecular flexibility index (Phi) is 6.60. The molecule has 1 amide bonds. The van der Waals surface area contributed by atoms with Crippen molar-refractivity contribution in [1.29, 1.82) is 0 Å². The van der Waals surface area contributed by atoms with Crippen LogP contribution in [0.15, 0.2) is 53.4 Å². The molecule has 0 bridgehead atoms. The van der Waals surface area contributed by atoms with E-state index in [4.69, 9.17) is 4.74 Å². The van der Waals surface area contributed by atoms with E-state index >= 15 is 0 Å². The number of ether oxygens (including phenoxy) is 1. The second-order valence-corrected chi connectivity index (χ2v) is 9.06. The second-order valence-electron chi connectivity index (χ2n) is 7.38. The number of benzene rings is 2. The average molecular weight is 421 g/mol. The molecule has 1 unspecified atom stereocenters. The summed E-state index contributed by atoms with van der Waals surface area (Å²) in [7, 11) is -3.67. The van der Waals surface area contributed by atoms with Gasteiger partial charge in [-0.25, -0.2) is 13.1 Å². The summed E-state index contributed by atoms with van der Waals surface area (Å²) in [6.45, 7) is 6.76. The molecule has 0 saturated heterocycles. The SMILES string of the molecule is CC(Oc1ccc([N+](=O)[O-])cc1)C(=O)Nc1ccc(S(=O)(=O)NC(C)(C)C)cc1. The minimum atomic E-state index is -3.67. The van der Waals surface area contributed by atoms with Gasteiger partial charge in [0.15, 0.2) is 6.10 Å². The molecule has 0 radical (unpaired) electrons. The molecule has 0 saturated carbocycles. The van der Waals surface area contributed by atoms with Gasteiger partial charge in [-0.05, 0) is 64.1 Å². The predicted molar refractivity (Wildman–Crippen MR) is 108 cm³/mol. The topological polar surface area (TPSA) is 128 Å². The molecule has 0 aliphatic rings. The van der Waals surface area contributed by atoms with Gasteiger partial charge in [-0.3, -0.25) is 14.9 Å². The van der Waals surface area contributed by atoms with E-state index in [1.54, 1.807) is 20.8 Å². The molecule has 0 aromatic heterocycles. The lowest BCUT2D eigenvalue weighted by Crippen LogP contribution is -2.40. The zero-order valence-corrected chi connectivity index (χ0v) is 17.3. The summed E-state index contributed by atoms with van der Waals surface area (Å²) in [5.74, 6) is -0.139. The van der Waals surface area contributed by atoms with E-state index in [9.17, 15) is 23.3 Å². The van der Waals surface area contributed by atoms with E-state index in [0.717, 1.165) is 0 Å². The average Bonchev–Trinajstić information content (AvgIpc) is 2.60. The third-order valence-electron chi connectivity index (χ3n) is 3.60. The third-order valence-corrected chi connectivity index (χ3v) is 5.38. The first-order valence-electron chi connectivity index (χ1n) is 8.73. The predicted octanol–water partition coefficient (Wildman–Crippen LogP) is 3.08. The van der Waals surface area contributed by atoms with E-state index in [-0.39, 0.29) is 10.6 Å². The first-order valence-corrected chi connectivity index (χ1v) is 10.2. The minimum Gasteiger partial charge on any atom is -0.481 e. The van der Waals surface area contributed by atoms with Crippen molar-refractivity contribution in [2.75, 3.05) is 5.32 Å². The maximum absolute atomic E-state index is 12.3. The molecule has 2 rings (SSSR count). The highest BCUT2D eigenvalue weighted by atomic mass is 32.2. The Morgan fingerprint density at radius 3 is 2.10 bits per heavy atom. The Balaban J connectivity index is 2.00. The van der Waals surface area contributed by atoms with Crippen LogP contribution in [0.2, 0.25) is 0 Å². The fourth-order valence-electron chi connectivity index (χ4n) is 2.33. The van der Waals surface area contributed by atoms with Gasteiger partial charge in [-0.2, -0.15) is 0 Å². The molecule has 0 fully saturated rings. The number of hydrogen-bond acceptors (Lipinski definition) is 6. The summed E-state index contributed by atoms with van der Waals surface area (Å²) in [4.78, 5) is 22.5. The number of anilines is 1. The number of carbonyl (C=O) groups excluding carboxylic acids is 1. The Morgan fingerprint density at radius 1 is 1.07 bits per heavy atom. The van der Waals surface area contributed by atoms with Crippen molar-refractivity contribution in [2.24, 2.45) is 0 Å². The molecule has 0 aliphatic carbocycles. The van der Waals surface area contributed by atoms with Crippen molar-refractivity contribution in [1.82, 2.24) is 4.72 Å². The molecule has 9 nitrogen and oxygen atoms in total. The summed E-state index contributed by atoms with van der Waals surface area (Å²) in [6, 6.07) is 11.1. The monoisotopic (exact) mass is 421 g/mol. The molecule has 10 heteroatoms. The van der Waals surface area contributed by atoms with Crippen LogP contribution in [0, 0.1) is 10.1 Å². The fourth-order valence-corrected chi connectivity index (χ4v) is 3.75. The van der Waals surface area contributed by atoms with Gasteiger partial charge in [0.25, 0.3) is 11.6 Å². The zero-order chi connectivity index (χ0) is 21.8. The number of nitro groups is 1. The standard InChI is InChI=1S/C19H23N3O6S/c1-13(28-16-9-7-15(8-10-16)22(24)25)18(23)20-14-5-11-17(12-6-14)29(26,27)21-19(2,3)4/h5-13,21H,1-4H3,(H,20,23). The Bertz CT molecular complexity index is 980. The lowest BCUT2D eigenvalue weighted by atomic mass is 10.1. The Labute approximate surface area is 169 Å². The number of non-ortho nitro benzene ring substituents is 1. The van der Waals surface area contributed by atoms with Crippen molar-refractivity contribution < 1.29 is 22.9 Å². The molecule has 2 aromatic rings. The fraction of sp³-hybridized carbons (Fsp3) is 0.316. The highest BCUT2D eigenvalue weighted by Crippen LogP contribution is 2.20. The van der Waals surface area contributed by atoms with Crippen LogP contribution in [0.25, 0.3) is 0 Å². The van der Waals surface area contributed by atoms with Crippen LogP contribution in [0.5, 0.6) is 5.75 Å². The van der Waals surface area contributed by atoms with E-state index in [1.807, 2.05) is 0 Å². The Morgan fingerprint density at radius 2 is 1.62 bits per heavy atom. The second kappa shape index (κ2) is 8.58. The summed E-state index contributed by atoms with van der Waals surface area (Å²) in [6.07, 6.45) is -0.873. The number of rotatable bonds is 7. The third kappa shape index (κ3) is 6.54. The van der Waals surface area contributed by atoms with E-state index < -0.39 is 32.5 Å². The quantitative estimate of drug-likeness (QED) is 0.522. The molecule has 2 aromatic carbocycles. The summed E-state index contributed by atoms with van der Waals surface area (Å²) in [5, 5.41) is 13.3. The number of nitrogens with zero attached hydrogens (tertiary/aromatic N) is 1. The van der Waals surface area contributed by atoms with Crippen molar-refractivity contribution in [3.63, 3.8) is 0 Å². The van der Waals surface area contributed by atoms with Crippen LogP contribution >= 0.6 is 0 Å². The van der Waals surface area contributed by atoms with Gasteiger partial charge in [-0.15, -0.1) is 0 Å². The Hall–Kier alpha value is -2.98. The largest absolute Gasteiger partial charge is 0.481 e. The summed E-state index contributed by atoms with van der Waals surface area (Å²) in [5.41, 5.74) is -0.287. The van der Waals surface area contributed by atoms with Gasteiger partial charge in [0.05, 0.1) is 9.82 Å². The van der Waals surface area contributed by atoms with Gasteiger partial charge in [0.2, 0.25) is 10.0 Å². The minimum absolute atomic E-state index is 0.0783. The first kappa shape index (κ1) is 22.3. The van der Waals surface area contributed by atoms with E-state index in [1.165, 1.54) is 55.5 Å².